The first-order valence-electron chi connectivity index (χ1n) is 3.48. The third-order valence-corrected chi connectivity index (χ3v) is 1.34. The van der Waals surface area contributed by atoms with Crippen LogP contribution in [0, 0.1) is 0 Å². The summed E-state index contributed by atoms with van der Waals surface area (Å²) >= 11 is 0. The van der Waals surface area contributed by atoms with Crippen molar-refractivity contribution in [1.82, 2.24) is 4.98 Å². The highest BCUT2D eigenvalue weighted by molar-refractivity contribution is 5.12. The van der Waals surface area contributed by atoms with Crippen LogP contribution in [-0.4, -0.2) is 4.98 Å². The van der Waals surface area contributed by atoms with Gasteiger partial charge in [-0.05, 0) is 0 Å². The Morgan fingerprint density at radius 1 is 1.42 bits per heavy atom. The first kappa shape index (κ1) is 6.97. The number of nitrogens with zero attached hydrogens (tertiary/aromatic N) is 1. The number of ether oxygens (including phenoxy) is 1. The Labute approximate surface area is 68.8 Å². The molecule has 2 heterocycles. The Hall–Kier alpha value is -1.71. The monoisotopic (exact) mass is 165 g/mol. The van der Waals surface area contributed by atoms with Crippen LogP contribution in [0.4, 0.5) is 0 Å². The van der Waals surface area contributed by atoms with Crippen molar-refractivity contribution < 1.29 is 13.6 Å². The van der Waals surface area contributed by atoms with Crippen molar-refractivity contribution in [2.45, 2.75) is 6.61 Å². The van der Waals surface area contributed by atoms with E-state index in [-0.39, 0.29) is 0 Å². The van der Waals surface area contributed by atoms with Crippen molar-refractivity contribution in [1.29, 1.82) is 0 Å². The van der Waals surface area contributed by atoms with Gasteiger partial charge in [0.05, 0.1) is 12.5 Å². The van der Waals surface area contributed by atoms with Gasteiger partial charge in [-0.1, -0.05) is 0 Å². The minimum absolute atomic E-state index is 0.326. The van der Waals surface area contributed by atoms with Crippen LogP contribution in [0.15, 0.2) is 39.9 Å². The normalized spacial score (nSPS) is 10.0. The van der Waals surface area contributed by atoms with Crippen molar-refractivity contribution in [2.24, 2.45) is 0 Å². The third kappa shape index (κ3) is 1.47. The standard InChI is InChI=1S/C8H7NO3/c1-3-10-5-7(1)12-6-8-9-2-4-11-8/h1-5H,6H2. The smallest absolute Gasteiger partial charge is 0.232 e. The molecule has 0 bridgehead atoms. The van der Waals surface area contributed by atoms with Crippen molar-refractivity contribution >= 4 is 0 Å². The molecule has 0 N–H and O–H groups in total. The second-order valence-corrected chi connectivity index (χ2v) is 2.17. The zero-order valence-corrected chi connectivity index (χ0v) is 6.27. The zero-order chi connectivity index (χ0) is 8.23. The molecule has 0 aliphatic rings. The van der Waals surface area contributed by atoms with E-state index in [2.05, 4.69) is 4.98 Å². The summed E-state index contributed by atoms with van der Waals surface area (Å²) in [5.41, 5.74) is 0. The number of hydrogen-bond acceptors (Lipinski definition) is 4. The van der Waals surface area contributed by atoms with Gasteiger partial charge in [-0.25, -0.2) is 4.98 Å². The second-order valence-electron chi connectivity index (χ2n) is 2.17. The van der Waals surface area contributed by atoms with Crippen molar-refractivity contribution in [2.75, 3.05) is 0 Å². The summed E-state index contributed by atoms with van der Waals surface area (Å²) in [6.07, 6.45) is 6.15. The van der Waals surface area contributed by atoms with Crippen molar-refractivity contribution in [3.8, 4) is 5.75 Å². The Morgan fingerprint density at radius 3 is 3.08 bits per heavy atom. The van der Waals surface area contributed by atoms with E-state index in [0.29, 0.717) is 18.2 Å². The van der Waals surface area contributed by atoms with Crippen molar-refractivity contribution in [3.05, 3.63) is 36.9 Å². The lowest BCUT2D eigenvalue weighted by Crippen LogP contribution is -1.93. The highest BCUT2D eigenvalue weighted by atomic mass is 16.5. The summed E-state index contributed by atoms with van der Waals surface area (Å²) in [6, 6.07) is 1.73. The first-order valence-corrected chi connectivity index (χ1v) is 3.48. The third-order valence-electron chi connectivity index (χ3n) is 1.34. The summed E-state index contributed by atoms with van der Waals surface area (Å²) in [4.78, 5) is 3.89. The molecule has 4 nitrogen and oxygen atoms in total. The quantitative estimate of drug-likeness (QED) is 0.696. The van der Waals surface area contributed by atoms with E-state index in [1.807, 2.05) is 0 Å². The maximum atomic E-state index is 5.24. The fraction of sp³-hybridized carbons (Fsp3) is 0.125. The predicted molar refractivity (Wildman–Crippen MR) is 39.5 cm³/mol. The van der Waals surface area contributed by atoms with Gasteiger partial charge in [-0.3, -0.25) is 0 Å². The molecule has 2 aromatic heterocycles. The van der Waals surface area contributed by atoms with Gasteiger partial charge in [0.15, 0.2) is 12.4 Å². The van der Waals surface area contributed by atoms with Crippen LogP contribution in [0.1, 0.15) is 5.89 Å². The summed E-state index contributed by atoms with van der Waals surface area (Å²) in [6.45, 7) is 0.326. The molecule has 0 unspecified atom stereocenters. The van der Waals surface area contributed by atoms with Gasteiger partial charge in [-0.15, -0.1) is 0 Å². The van der Waals surface area contributed by atoms with Gasteiger partial charge >= 0.3 is 0 Å². The molecule has 0 spiro atoms. The molecule has 4 heteroatoms. The highest BCUT2D eigenvalue weighted by Crippen LogP contribution is 2.11. The molecule has 0 radical (unpaired) electrons. The molecule has 0 atom stereocenters. The SMILES string of the molecule is c1coc(COc2ccoc2)n1. The molecule has 0 saturated heterocycles. The molecule has 0 aliphatic carbocycles. The fourth-order valence-corrected chi connectivity index (χ4v) is 0.803. The number of oxazole rings is 1. The molecule has 62 valence electrons. The predicted octanol–water partition coefficient (Wildman–Crippen LogP) is 1.85. The van der Waals surface area contributed by atoms with Gasteiger partial charge in [0.25, 0.3) is 0 Å². The lowest BCUT2D eigenvalue weighted by molar-refractivity contribution is 0.260. The van der Waals surface area contributed by atoms with Gasteiger partial charge in [0.1, 0.15) is 12.5 Å². The van der Waals surface area contributed by atoms with E-state index < -0.39 is 0 Å². The maximum Gasteiger partial charge on any atom is 0.232 e. The van der Waals surface area contributed by atoms with Crippen LogP contribution in [0.25, 0.3) is 0 Å². The molecule has 0 aliphatic heterocycles. The summed E-state index contributed by atoms with van der Waals surface area (Å²) in [5, 5.41) is 0. The Bertz CT molecular complexity index is 278. The van der Waals surface area contributed by atoms with Crippen LogP contribution in [-0.2, 0) is 6.61 Å². The van der Waals surface area contributed by atoms with Crippen LogP contribution < -0.4 is 4.74 Å². The molecular weight excluding hydrogens is 158 g/mol. The Morgan fingerprint density at radius 2 is 2.42 bits per heavy atom. The fourth-order valence-electron chi connectivity index (χ4n) is 0.803. The van der Waals surface area contributed by atoms with Crippen LogP contribution in [0.5, 0.6) is 5.75 Å². The summed E-state index contributed by atoms with van der Waals surface area (Å²) in [5.74, 6) is 1.23. The van der Waals surface area contributed by atoms with Crippen molar-refractivity contribution in [3.63, 3.8) is 0 Å². The molecule has 0 amide bonds. The van der Waals surface area contributed by atoms with Crippen LogP contribution >= 0.6 is 0 Å². The first-order chi connectivity index (χ1) is 5.95. The Kier molecular flexibility index (Phi) is 1.82. The van der Waals surface area contributed by atoms with E-state index in [1.54, 1.807) is 18.5 Å². The molecule has 0 fully saturated rings. The summed E-state index contributed by atoms with van der Waals surface area (Å²) < 4.78 is 15.0. The zero-order valence-electron chi connectivity index (χ0n) is 6.27. The topological polar surface area (TPSA) is 48.4 Å². The second kappa shape index (κ2) is 3.13. The van der Waals surface area contributed by atoms with Crippen LogP contribution in [0.3, 0.4) is 0 Å². The van der Waals surface area contributed by atoms with Gasteiger partial charge in [0, 0.05) is 6.07 Å². The van der Waals surface area contributed by atoms with E-state index in [9.17, 15) is 0 Å². The average molecular weight is 165 g/mol. The van der Waals surface area contributed by atoms with Crippen LogP contribution in [0.2, 0.25) is 0 Å². The molecular formula is C8H7NO3. The Balaban J connectivity index is 1.91. The van der Waals surface area contributed by atoms with E-state index in [4.69, 9.17) is 13.6 Å². The lowest BCUT2D eigenvalue weighted by atomic mass is 10.6. The molecule has 2 rings (SSSR count). The number of rotatable bonds is 3. The number of furan rings is 1. The lowest BCUT2D eigenvalue weighted by Gasteiger charge is -1.96. The van der Waals surface area contributed by atoms with E-state index in [1.165, 1.54) is 12.5 Å². The minimum Gasteiger partial charge on any atom is -0.481 e. The van der Waals surface area contributed by atoms with E-state index >= 15 is 0 Å². The average Bonchev–Trinajstić information content (AvgIpc) is 2.74. The molecule has 2 aromatic rings. The van der Waals surface area contributed by atoms with Gasteiger partial charge < -0.3 is 13.6 Å². The van der Waals surface area contributed by atoms with Gasteiger partial charge in [0.2, 0.25) is 5.89 Å². The molecule has 12 heavy (non-hydrogen) atoms. The van der Waals surface area contributed by atoms with E-state index in [0.717, 1.165) is 0 Å². The number of aromatic nitrogens is 1. The highest BCUT2D eigenvalue weighted by Gasteiger charge is 1.99. The minimum atomic E-state index is 0.326. The molecule has 0 saturated carbocycles. The van der Waals surface area contributed by atoms with Gasteiger partial charge in [-0.2, -0.15) is 0 Å². The summed E-state index contributed by atoms with van der Waals surface area (Å²) in [7, 11) is 0. The largest absolute Gasteiger partial charge is 0.481 e. The maximum absolute atomic E-state index is 5.24. The molecule has 0 aromatic carbocycles. The number of hydrogen-bond donors (Lipinski definition) is 0.